The minimum absolute atomic E-state index is 0.0716. The minimum Gasteiger partial charge on any atom is -0.481 e. The zero-order chi connectivity index (χ0) is 13.7. The Bertz CT molecular complexity index is 401. The zero-order valence-corrected chi connectivity index (χ0v) is 11.9. The summed E-state index contributed by atoms with van der Waals surface area (Å²) < 4.78 is 5.63. The number of carbonyl (C=O) groups excluding carboxylic acids is 1. The average Bonchev–Trinajstić information content (AvgIpc) is 2.28. The fourth-order valence-corrected chi connectivity index (χ4v) is 1.45. The SMILES string of the molecule is Cc1cccc(O[C@@H](C)C(=O)N[C@@H](C)C(C)C)c1. The van der Waals surface area contributed by atoms with Crippen molar-refractivity contribution in [2.24, 2.45) is 5.92 Å². The number of hydrogen-bond donors (Lipinski definition) is 1. The maximum Gasteiger partial charge on any atom is 0.260 e. The molecule has 18 heavy (non-hydrogen) atoms. The first-order valence-electron chi connectivity index (χ1n) is 6.44. The third-order valence-electron chi connectivity index (χ3n) is 3.04. The molecule has 0 spiro atoms. The fourth-order valence-electron chi connectivity index (χ4n) is 1.45. The van der Waals surface area contributed by atoms with E-state index in [9.17, 15) is 4.79 Å². The summed E-state index contributed by atoms with van der Waals surface area (Å²) in [6.45, 7) is 9.93. The quantitative estimate of drug-likeness (QED) is 0.871. The molecule has 0 aliphatic rings. The summed E-state index contributed by atoms with van der Waals surface area (Å²) >= 11 is 0. The van der Waals surface area contributed by atoms with Gasteiger partial charge < -0.3 is 10.1 Å². The van der Waals surface area contributed by atoms with Crippen LogP contribution in [-0.2, 0) is 4.79 Å². The van der Waals surface area contributed by atoms with Crippen LogP contribution in [0.1, 0.15) is 33.3 Å². The predicted octanol–water partition coefficient (Wildman–Crippen LogP) is 2.92. The maximum atomic E-state index is 11.9. The third kappa shape index (κ3) is 4.40. The highest BCUT2D eigenvalue weighted by atomic mass is 16.5. The van der Waals surface area contributed by atoms with E-state index in [0.717, 1.165) is 11.3 Å². The van der Waals surface area contributed by atoms with Crippen molar-refractivity contribution < 1.29 is 9.53 Å². The Balaban J connectivity index is 2.55. The third-order valence-corrected chi connectivity index (χ3v) is 3.04. The van der Waals surface area contributed by atoms with Gasteiger partial charge in [-0.15, -0.1) is 0 Å². The molecule has 0 heterocycles. The first-order valence-corrected chi connectivity index (χ1v) is 6.44. The van der Waals surface area contributed by atoms with Crippen molar-refractivity contribution in [2.45, 2.75) is 46.8 Å². The van der Waals surface area contributed by atoms with Gasteiger partial charge in [-0.25, -0.2) is 0 Å². The summed E-state index contributed by atoms with van der Waals surface area (Å²) in [6, 6.07) is 7.86. The van der Waals surface area contributed by atoms with Crippen LogP contribution in [0.2, 0.25) is 0 Å². The monoisotopic (exact) mass is 249 g/mol. The molecule has 100 valence electrons. The van der Waals surface area contributed by atoms with Crippen molar-refractivity contribution in [1.82, 2.24) is 5.32 Å². The second kappa shape index (κ2) is 6.43. The van der Waals surface area contributed by atoms with Crippen molar-refractivity contribution >= 4 is 5.91 Å². The standard InChI is InChI=1S/C15H23NO2/c1-10(2)12(4)16-15(17)13(5)18-14-8-6-7-11(3)9-14/h6-10,12-13H,1-5H3,(H,16,17)/t12-,13-/m0/s1. The fraction of sp³-hybridized carbons (Fsp3) is 0.533. The highest BCUT2D eigenvalue weighted by Gasteiger charge is 2.18. The smallest absolute Gasteiger partial charge is 0.260 e. The normalized spacial score (nSPS) is 14.1. The number of amides is 1. The Kier molecular flexibility index (Phi) is 5.20. The molecule has 0 saturated heterocycles. The lowest BCUT2D eigenvalue weighted by atomic mass is 10.1. The van der Waals surface area contributed by atoms with Crippen LogP contribution >= 0.6 is 0 Å². The number of ether oxygens (including phenoxy) is 1. The van der Waals surface area contributed by atoms with Crippen LogP contribution < -0.4 is 10.1 Å². The molecule has 1 aromatic rings. The van der Waals surface area contributed by atoms with Crippen molar-refractivity contribution in [2.75, 3.05) is 0 Å². The van der Waals surface area contributed by atoms with E-state index in [0.29, 0.717) is 5.92 Å². The lowest BCUT2D eigenvalue weighted by Crippen LogP contribution is -2.43. The van der Waals surface area contributed by atoms with Crippen molar-refractivity contribution in [3.63, 3.8) is 0 Å². The van der Waals surface area contributed by atoms with Gasteiger partial charge in [0.15, 0.2) is 6.10 Å². The van der Waals surface area contributed by atoms with Gasteiger partial charge in [-0.2, -0.15) is 0 Å². The molecule has 0 aromatic heterocycles. The molecular formula is C15H23NO2. The van der Waals surface area contributed by atoms with E-state index < -0.39 is 6.10 Å². The summed E-state index contributed by atoms with van der Waals surface area (Å²) in [5, 5.41) is 2.95. The van der Waals surface area contributed by atoms with Crippen LogP contribution in [0.25, 0.3) is 0 Å². The van der Waals surface area contributed by atoms with Crippen molar-refractivity contribution in [3.8, 4) is 5.75 Å². The molecule has 0 aliphatic heterocycles. The lowest BCUT2D eigenvalue weighted by Gasteiger charge is -2.21. The molecule has 1 rings (SSSR count). The van der Waals surface area contributed by atoms with E-state index in [-0.39, 0.29) is 11.9 Å². The Morgan fingerprint density at radius 2 is 1.89 bits per heavy atom. The first-order chi connectivity index (χ1) is 8.40. The molecule has 1 aromatic carbocycles. The highest BCUT2D eigenvalue weighted by Crippen LogP contribution is 2.14. The van der Waals surface area contributed by atoms with E-state index in [2.05, 4.69) is 19.2 Å². The average molecular weight is 249 g/mol. The molecule has 1 amide bonds. The molecule has 0 fully saturated rings. The van der Waals surface area contributed by atoms with E-state index in [1.807, 2.05) is 38.1 Å². The molecule has 3 heteroatoms. The van der Waals surface area contributed by atoms with Crippen LogP contribution in [0.4, 0.5) is 0 Å². The van der Waals surface area contributed by atoms with Crippen LogP contribution in [0.15, 0.2) is 24.3 Å². The largest absolute Gasteiger partial charge is 0.481 e. The molecule has 0 unspecified atom stereocenters. The topological polar surface area (TPSA) is 38.3 Å². The van der Waals surface area contributed by atoms with Gasteiger partial charge >= 0.3 is 0 Å². The Labute approximate surface area is 110 Å². The number of aryl methyl sites for hydroxylation is 1. The molecule has 0 bridgehead atoms. The number of hydrogen-bond acceptors (Lipinski definition) is 2. The van der Waals surface area contributed by atoms with Gasteiger partial charge in [0.1, 0.15) is 5.75 Å². The minimum atomic E-state index is -0.479. The lowest BCUT2D eigenvalue weighted by molar-refractivity contribution is -0.128. The first kappa shape index (κ1) is 14.6. The Morgan fingerprint density at radius 1 is 1.22 bits per heavy atom. The van der Waals surface area contributed by atoms with Crippen LogP contribution in [0, 0.1) is 12.8 Å². The predicted molar refractivity (Wildman–Crippen MR) is 73.7 cm³/mol. The summed E-state index contributed by atoms with van der Waals surface area (Å²) in [6.07, 6.45) is -0.479. The summed E-state index contributed by atoms with van der Waals surface area (Å²) in [7, 11) is 0. The number of rotatable bonds is 5. The zero-order valence-electron chi connectivity index (χ0n) is 11.9. The highest BCUT2D eigenvalue weighted by molar-refractivity contribution is 5.81. The molecule has 0 saturated carbocycles. The van der Waals surface area contributed by atoms with E-state index in [1.165, 1.54) is 0 Å². The van der Waals surface area contributed by atoms with Gasteiger partial charge in [0, 0.05) is 6.04 Å². The van der Waals surface area contributed by atoms with Crippen molar-refractivity contribution in [1.29, 1.82) is 0 Å². The van der Waals surface area contributed by atoms with E-state index in [1.54, 1.807) is 6.92 Å². The van der Waals surface area contributed by atoms with Gasteiger partial charge in [-0.3, -0.25) is 4.79 Å². The second-order valence-electron chi connectivity index (χ2n) is 5.12. The Morgan fingerprint density at radius 3 is 2.44 bits per heavy atom. The summed E-state index contributed by atoms with van der Waals surface area (Å²) in [5.74, 6) is 1.08. The van der Waals surface area contributed by atoms with Gasteiger partial charge in [0.2, 0.25) is 0 Å². The molecular weight excluding hydrogens is 226 g/mol. The number of carbonyl (C=O) groups is 1. The molecule has 0 radical (unpaired) electrons. The molecule has 3 nitrogen and oxygen atoms in total. The summed E-state index contributed by atoms with van der Waals surface area (Å²) in [4.78, 5) is 11.9. The van der Waals surface area contributed by atoms with Crippen molar-refractivity contribution in [3.05, 3.63) is 29.8 Å². The second-order valence-corrected chi connectivity index (χ2v) is 5.12. The van der Waals surface area contributed by atoms with Crippen LogP contribution in [0.3, 0.4) is 0 Å². The van der Waals surface area contributed by atoms with Gasteiger partial charge in [0.05, 0.1) is 0 Å². The van der Waals surface area contributed by atoms with Gasteiger partial charge in [0.25, 0.3) is 5.91 Å². The molecule has 0 aliphatic carbocycles. The van der Waals surface area contributed by atoms with Gasteiger partial charge in [-0.1, -0.05) is 26.0 Å². The number of nitrogens with one attached hydrogen (secondary N) is 1. The van der Waals surface area contributed by atoms with E-state index in [4.69, 9.17) is 4.74 Å². The van der Waals surface area contributed by atoms with Gasteiger partial charge in [-0.05, 0) is 44.4 Å². The summed E-state index contributed by atoms with van der Waals surface area (Å²) in [5.41, 5.74) is 1.12. The molecule has 1 N–H and O–H groups in total. The number of benzene rings is 1. The van der Waals surface area contributed by atoms with E-state index >= 15 is 0 Å². The molecule has 2 atom stereocenters. The van der Waals surface area contributed by atoms with Crippen LogP contribution in [-0.4, -0.2) is 18.1 Å². The Hall–Kier alpha value is -1.51. The van der Waals surface area contributed by atoms with Crippen LogP contribution in [0.5, 0.6) is 5.75 Å². The maximum absolute atomic E-state index is 11.9.